The first kappa shape index (κ1) is 20.8. The smallest absolute Gasteiger partial charge is 0.305 e. The molecule has 0 aromatic heterocycles. The fourth-order valence-electron chi connectivity index (χ4n) is 7.15. The van der Waals surface area contributed by atoms with E-state index in [0.29, 0.717) is 29.2 Å². The Bertz CT molecular complexity index is 799. The quantitative estimate of drug-likeness (QED) is 0.488. The van der Waals surface area contributed by atoms with E-state index in [0.717, 1.165) is 32.1 Å². The number of fused-ring (bicyclic) bond motifs is 5. The molecule has 5 heteroatoms. The molecule has 3 saturated carbocycles. The summed E-state index contributed by atoms with van der Waals surface area (Å²) in [6.45, 7) is 6.42. The lowest BCUT2D eigenvalue weighted by atomic mass is 9.45. The minimum Gasteiger partial charge on any atom is -0.490 e. The van der Waals surface area contributed by atoms with E-state index in [2.05, 4.69) is 19.9 Å². The summed E-state index contributed by atoms with van der Waals surface area (Å²) in [4.78, 5) is 24.1. The van der Waals surface area contributed by atoms with Gasteiger partial charge in [0.25, 0.3) is 0 Å². The highest BCUT2D eigenvalue weighted by molar-refractivity contribution is 7.80. The molecule has 0 heterocycles. The van der Waals surface area contributed by atoms with Gasteiger partial charge in [-0.2, -0.15) is 0 Å². The molecule has 4 nitrogen and oxygen atoms in total. The first-order chi connectivity index (χ1) is 13.7. The van der Waals surface area contributed by atoms with Gasteiger partial charge in [0.1, 0.15) is 6.10 Å². The van der Waals surface area contributed by atoms with E-state index in [1.165, 1.54) is 5.57 Å². The molecule has 0 spiro atoms. The highest BCUT2D eigenvalue weighted by atomic mass is 32.1. The fraction of sp³-hybridized carbons (Fsp3) is 0.708. The highest BCUT2D eigenvalue weighted by Crippen LogP contribution is 2.66. The van der Waals surface area contributed by atoms with Crippen molar-refractivity contribution in [3.63, 3.8) is 0 Å². The number of allylic oxidation sites excluding steroid dienone is 4. The Morgan fingerprint density at radius 3 is 2.72 bits per heavy atom. The summed E-state index contributed by atoms with van der Waals surface area (Å²) in [7, 11) is 1.66. The molecule has 0 aromatic carbocycles. The van der Waals surface area contributed by atoms with Crippen LogP contribution in [0.1, 0.15) is 59.3 Å². The largest absolute Gasteiger partial charge is 0.490 e. The highest BCUT2D eigenvalue weighted by Gasteiger charge is 2.63. The number of methoxy groups -OCH3 is 1. The first-order valence-corrected chi connectivity index (χ1v) is 11.4. The zero-order valence-corrected chi connectivity index (χ0v) is 18.7. The number of ketones is 1. The Morgan fingerprint density at radius 2 is 2.03 bits per heavy atom. The van der Waals surface area contributed by atoms with Crippen molar-refractivity contribution >= 4 is 29.0 Å². The molecular weight excluding hydrogens is 384 g/mol. The van der Waals surface area contributed by atoms with Crippen LogP contribution in [0.5, 0.6) is 0 Å². The van der Waals surface area contributed by atoms with Gasteiger partial charge < -0.3 is 9.47 Å². The molecule has 3 fully saturated rings. The van der Waals surface area contributed by atoms with E-state index in [-0.39, 0.29) is 34.6 Å². The molecule has 0 saturated heterocycles. The molecule has 4 aliphatic rings. The molecule has 158 valence electrons. The van der Waals surface area contributed by atoms with Gasteiger partial charge in [0.2, 0.25) is 0 Å². The summed E-state index contributed by atoms with van der Waals surface area (Å²) in [5.41, 5.74) is 1.000. The number of hydrogen-bond donors (Lipinski definition) is 0. The molecule has 29 heavy (non-hydrogen) atoms. The van der Waals surface area contributed by atoms with Gasteiger partial charge in [0.05, 0.1) is 7.11 Å². The van der Waals surface area contributed by atoms with Crippen LogP contribution < -0.4 is 0 Å². The average Bonchev–Trinajstić information content (AvgIpc) is 3.03. The van der Waals surface area contributed by atoms with Crippen molar-refractivity contribution in [2.45, 2.75) is 65.4 Å². The molecule has 4 rings (SSSR count). The molecule has 0 aliphatic heterocycles. The van der Waals surface area contributed by atoms with Crippen molar-refractivity contribution in [3.05, 3.63) is 23.8 Å². The molecule has 0 amide bonds. The zero-order valence-electron chi connectivity index (χ0n) is 17.9. The standard InChI is InChI=1S/C24H32O4S/c1-5-20(26)28-19-9-8-18-16-7-6-14-12-15(25)10-11-23(14,2)21(16)17(22(29)27-4)13-24(18,19)3/h10-12,16-19,21H,5-9,13H2,1-4H3/t16-,17?,18-,19+,21+,23-,24-/m0/s1. The summed E-state index contributed by atoms with van der Waals surface area (Å²) < 4.78 is 11.6. The van der Waals surface area contributed by atoms with Crippen LogP contribution in [0.25, 0.3) is 0 Å². The number of carbonyl (C=O) groups is 2. The second-order valence-corrected chi connectivity index (χ2v) is 10.2. The number of carbonyl (C=O) groups excluding carboxylic acids is 2. The summed E-state index contributed by atoms with van der Waals surface area (Å²) in [6, 6.07) is 0. The van der Waals surface area contributed by atoms with Gasteiger partial charge in [-0.1, -0.05) is 32.4 Å². The SMILES string of the molecule is CCC(=O)O[C@@H]1CC[C@H]2[C@@H]3CCC4=CC(=O)C=C[C@]4(C)[C@H]3C(C(=S)OC)C[C@]12C. The van der Waals surface area contributed by atoms with Crippen LogP contribution in [0, 0.1) is 34.5 Å². The molecular formula is C24H32O4S. The maximum atomic E-state index is 12.1. The van der Waals surface area contributed by atoms with Gasteiger partial charge >= 0.3 is 5.97 Å². The van der Waals surface area contributed by atoms with E-state index in [1.807, 2.05) is 13.0 Å². The number of rotatable bonds is 3. The lowest BCUT2D eigenvalue weighted by Gasteiger charge is -2.59. The maximum Gasteiger partial charge on any atom is 0.305 e. The summed E-state index contributed by atoms with van der Waals surface area (Å²) >= 11 is 5.73. The topological polar surface area (TPSA) is 52.6 Å². The van der Waals surface area contributed by atoms with E-state index in [1.54, 1.807) is 13.2 Å². The molecule has 7 atom stereocenters. The zero-order chi connectivity index (χ0) is 21.0. The van der Waals surface area contributed by atoms with Gasteiger partial charge in [0.15, 0.2) is 10.8 Å². The molecule has 1 unspecified atom stereocenters. The minimum absolute atomic E-state index is 0.0451. The van der Waals surface area contributed by atoms with E-state index < -0.39 is 0 Å². The lowest BCUT2D eigenvalue weighted by molar-refractivity contribution is -0.160. The van der Waals surface area contributed by atoms with Crippen LogP contribution in [-0.2, 0) is 19.1 Å². The fourth-order valence-corrected chi connectivity index (χ4v) is 7.38. The normalized spacial score (nSPS) is 43.0. The molecule has 0 bridgehead atoms. The van der Waals surface area contributed by atoms with Gasteiger partial charge in [-0.15, -0.1) is 0 Å². The van der Waals surface area contributed by atoms with Crippen LogP contribution in [0.4, 0.5) is 0 Å². The third kappa shape index (κ3) is 3.11. The van der Waals surface area contributed by atoms with Crippen LogP contribution in [0.15, 0.2) is 23.8 Å². The predicted molar refractivity (Wildman–Crippen MR) is 115 cm³/mol. The molecule has 0 N–H and O–H groups in total. The second-order valence-electron chi connectivity index (χ2n) is 9.77. The Balaban J connectivity index is 1.74. The monoisotopic (exact) mass is 416 g/mol. The first-order valence-electron chi connectivity index (χ1n) is 11.0. The Kier molecular flexibility index (Phi) is 5.25. The Labute approximate surface area is 179 Å². The predicted octanol–water partition coefficient (Wildman–Crippen LogP) is 4.82. The Morgan fingerprint density at radius 1 is 1.28 bits per heavy atom. The summed E-state index contributed by atoms with van der Waals surface area (Å²) in [5, 5.41) is 0.653. The van der Waals surface area contributed by atoms with Crippen LogP contribution in [0.2, 0.25) is 0 Å². The molecule has 0 aromatic rings. The number of ether oxygens (including phenoxy) is 2. The van der Waals surface area contributed by atoms with E-state index >= 15 is 0 Å². The second kappa shape index (κ2) is 7.33. The van der Waals surface area contributed by atoms with E-state index in [4.69, 9.17) is 21.7 Å². The maximum absolute atomic E-state index is 12.1. The minimum atomic E-state index is -0.163. The van der Waals surface area contributed by atoms with Crippen molar-refractivity contribution in [3.8, 4) is 0 Å². The third-order valence-electron chi connectivity index (χ3n) is 8.50. The van der Waals surface area contributed by atoms with Crippen LogP contribution in [0.3, 0.4) is 0 Å². The van der Waals surface area contributed by atoms with Crippen molar-refractivity contribution < 1.29 is 19.1 Å². The number of esters is 1. The number of hydrogen-bond acceptors (Lipinski definition) is 5. The third-order valence-corrected chi connectivity index (χ3v) is 8.97. The van der Waals surface area contributed by atoms with Crippen LogP contribution in [-0.4, -0.2) is 30.0 Å². The molecule has 0 radical (unpaired) electrons. The lowest BCUT2D eigenvalue weighted by Crippen LogP contribution is -2.56. The number of thiocarbonyl (C=S) groups is 1. The van der Waals surface area contributed by atoms with Gasteiger partial charge in [-0.25, -0.2) is 0 Å². The summed E-state index contributed by atoms with van der Waals surface area (Å²) in [6.07, 6.45) is 11.0. The van der Waals surface area contributed by atoms with Crippen molar-refractivity contribution in [1.82, 2.24) is 0 Å². The van der Waals surface area contributed by atoms with Gasteiger partial charge in [-0.3, -0.25) is 9.59 Å². The van der Waals surface area contributed by atoms with Crippen molar-refractivity contribution in [2.75, 3.05) is 7.11 Å². The Hall–Kier alpha value is -1.49. The van der Waals surface area contributed by atoms with Gasteiger partial charge in [0, 0.05) is 23.2 Å². The van der Waals surface area contributed by atoms with Crippen molar-refractivity contribution in [1.29, 1.82) is 0 Å². The van der Waals surface area contributed by atoms with E-state index in [9.17, 15) is 9.59 Å². The van der Waals surface area contributed by atoms with Crippen LogP contribution >= 0.6 is 12.2 Å². The summed E-state index contributed by atoms with van der Waals surface area (Å²) in [5.74, 6) is 1.39. The van der Waals surface area contributed by atoms with Crippen molar-refractivity contribution in [2.24, 2.45) is 34.5 Å². The van der Waals surface area contributed by atoms with Gasteiger partial charge in [-0.05, 0) is 74.2 Å². The average molecular weight is 417 g/mol. The molecule has 4 aliphatic carbocycles.